The van der Waals surface area contributed by atoms with Crippen LogP contribution in [-0.4, -0.2) is 25.7 Å². The van der Waals surface area contributed by atoms with Gasteiger partial charge in [0, 0.05) is 19.0 Å². The molecule has 2 amide bonds. The van der Waals surface area contributed by atoms with E-state index in [9.17, 15) is 14.9 Å². The lowest BCUT2D eigenvalue weighted by molar-refractivity contribution is -0.383. The maximum absolute atomic E-state index is 11.9. The summed E-state index contributed by atoms with van der Waals surface area (Å²) in [7, 11) is 0. The van der Waals surface area contributed by atoms with Gasteiger partial charge >= 0.3 is 6.03 Å². The zero-order valence-electron chi connectivity index (χ0n) is 11.7. The molecular weight excluding hydrogens is 288 g/mol. The Kier molecular flexibility index (Phi) is 3.69. The summed E-state index contributed by atoms with van der Waals surface area (Å²) in [5.74, 6) is 1.61. The third kappa shape index (κ3) is 2.73. The predicted molar refractivity (Wildman–Crippen MR) is 77.3 cm³/mol. The van der Waals surface area contributed by atoms with E-state index < -0.39 is 11.0 Å². The molecule has 1 aromatic heterocycles. The summed E-state index contributed by atoms with van der Waals surface area (Å²) < 4.78 is 1.98. The van der Waals surface area contributed by atoms with E-state index in [1.807, 2.05) is 4.57 Å². The number of carbonyl (C=O) groups excluding carboxylic acids is 1. The minimum absolute atomic E-state index is 0.150. The van der Waals surface area contributed by atoms with E-state index in [1.54, 1.807) is 12.1 Å². The first kappa shape index (κ1) is 14.0. The van der Waals surface area contributed by atoms with E-state index >= 15 is 0 Å². The lowest BCUT2D eigenvalue weighted by atomic mass is 10.3. The number of fused-ring (bicyclic) bond motifs is 1. The number of nitrogens with zero attached hydrogens (tertiary/aromatic N) is 4. The summed E-state index contributed by atoms with van der Waals surface area (Å²) in [5.41, 5.74) is -0.00232. The summed E-state index contributed by atoms with van der Waals surface area (Å²) in [4.78, 5) is 22.2. The van der Waals surface area contributed by atoms with Crippen LogP contribution in [0.15, 0.2) is 24.3 Å². The van der Waals surface area contributed by atoms with Gasteiger partial charge in [-0.2, -0.15) is 0 Å². The van der Waals surface area contributed by atoms with E-state index in [-0.39, 0.29) is 17.9 Å². The topological polar surface area (TPSA) is 115 Å². The summed E-state index contributed by atoms with van der Waals surface area (Å²) >= 11 is 0. The van der Waals surface area contributed by atoms with Gasteiger partial charge in [0.1, 0.15) is 11.5 Å². The summed E-state index contributed by atoms with van der Waals surface area (Å²) in [5, 5.41) is 24.1. The van der Waals surface area contributed by atoms with Crippen LogP contribution in [0.4, 0.5) is 16.2 Å². The molecule has 3 rings (SSSR count). The second kappa shape index (κ2) is 5.80. The first-order valence-corrected chi connectivity index (χ1v) is 6.84. The highest BCUT2D eigenvalue weighted by Crippen LogP contribution is 2.22. The van der Waals surface area contributed by atoms with Crippen molar-refractivity contribution < 1.29 is 9.72 Å². The number of amides is 2. The van der Waals surface area contributed by atoms with Crippen LogP contribution in [-0.2, 0) is 19.5 Å². The van der Waals surface area contributed by atoms with Gasteiger partial charge in [-0.1, -0.05) is 12.1 Å². The highest BCUT2D eigenvalue weighted by Gasteiger charge is 2.18. The second-order valence-electron chi connectivity index (χ2n) is 4.87. The van der Waals surface area contributed by atoms with Crippen molar-refractivity contribution in [2.24, 2.45) is 0 Å². The summed E-state index contributed by atoms with van der Waals surface area (Å²) in [6, 6.07) is 5.45. The molecule has 2 aromatic rings. The van der Waals surface area contributed by atoms with E-state index in [4.69, 9.17) is 0 Å². The van der Waals surface area contributed by atoms with Crippen molar-refractivity contribution in [3.05, 3.63) is 46.0 Å². The average Bonchev–Trinajstić information content (AvgIpc) is 3.09. The Bertz CT molecular complexity index is 726. The van der Waals surface area contributed by atoms with Crippen molar-refractivity contribution in [1.29, 1.82) is 0 Å². The predicted octanol–water partition coefficient (Wildman–Crippen LogP) is 1.45. The molecular formula is C13H14N6O3. The molecule has 1 aliphatic rings. The lowest BCUT2D eigenvalue weighted by Crippen LogP contribution is -2.29. The van der Waals surface area contributed by atoms with Gasteiger partial charge in [-0.15, -0.1) is 10.2 Å². The number of benzene rings is 1. The van der Waals surface area contributed by atoms with Gasteiger partial charge in [-0.25, -0.2) is 4.79 Å². The van der Waals surface area contributed by atoms with Crippen LogP contribution in [0.25, 0.3) is 0 Å². The second-order valence-corrected chi connectivity index (χ2v) is 4.87. The van der Waals surface area contributed by atoms with Crippen molar-refractivity contribution in [1.82, 2.24) is 20.1 Å². The molecule has 114 valence electrons. The van der Waals surface area contributed by atoms with Gasteiger partial charge in [0.2, 0.25) is 0 Å². The molecule has 0 bridgehead atoms. The largest absolute Gasteiger partial charge is 0.331 e. The Morgan fingerprint density at radius 1 is 1.36 bits per heavy atom. The van der Waals surface area contributed by atoms with Gasteiger partial charge in [0.05, 0.1) is 11.5 Å². The van der Waals surface area contributed by atoms with Gasteiger partial charge in [0.15, 0.2) is 5.82 Å². The maximum atomic E-state index is 11.9. The number of para-hydroxylation sites is 2. The number of aryl methyl sites for hydroxylation is 1. The maximum Gasteiger partial charge on any atom is 0.319 e. The minimum atomic E-state index is -0.541. The van der Waals surface area contributed by atoms with E-state index in [0.29, 0.717) is 5.82 Å². The van der Waals surface area contributed by atoms with Crippen molar-refractivity contribution in [3.63, 3.8) is 0 Å². The number of hydrogen-bond acceptors (Lipinski definition) is 5. The van der Waals surface area contributed by atoms with Crippen LogP contribution in [0.3, 0.4) is 0 Å². The molecule has 9 nitrogen and oxygen atoms in total. The SMILES string of the molecule is O=C(NCc1nnc2n1CCC2)Nc1ccccc1[N+](=O)[O-]. The number of rotatable bonds is 4. The van der Waals surface area contributed by atoms with Crippen LogP contribution >= 0.6 is 0 Å². The normalized spacial score (nSPS) is 12.7. The molecule has 0 spiro atoms. The summed E-state index contributed by atoms with van der Waals surface area (Å²) in [6.45, 7) is 1.07. The number of aromatic nitrogens is 3. The molecule has 2 N–H and O–H groups in total. The number of carbonyl (C=O) groups is 1. The van der Waals surface area contributed by atoms with Crippen LogP contribution in [0.5, 0.6) is 0 Å². The van der Waals surface area contributed by atoms with E-state index in [2.05, 4.69) is 20.8 Å². The Morgan fingerprint density at radius 2 is 2.18 bits per heavy atom. The molecule has 2 heterocycles. The van der Waals surface area contributed by atoms with Crippen molar-refractivity contribution >= 4 is 17.4 Å². The first-order valence-electron chi connectivity index (χ1n) is 6.84. The van der Waals surface area contributed by atoms with Gasteiger partial charge < -0.3 is 15.2 Å². The number of hydrogen-bond donors (Lipinski definition) is 2. The Hall–Kier alpha value is -2.97. The molecule has 1 aliphatic heterocycles. The van der Waals surface area contributed by atoms with Gasteiger partial charge in [-0.05, 0) is 12.5 Å². The molecule has 0 radical (unpaired) electrons. The zero-order valence-corrected chi connectivity index (χ0v) is 11.7. The highest BCUT2D eigenvalue weighted by atomic mass is 16.6. The highest BCUT2D eigenvalue weighted by molar-refractivity contribution is 5.91. The molecule has 1 aromatic carbocycles. The van der Waals surface area contributed by atoms with Gasteiger partial charge in [0.25, 0.3) is 5.69 Å². The molecule has 22 heavy (non-hydrogen) atoms. The summed E-state index contributed by atoms with van der Waals surface area (Å²) in [6.07, 6.45) is 1.93. The Balaban J connectivity index is 1.62. The Labute approximate surface area is 125 Å². The number of nitrogens with one attached hydrogen (secondary N) is 2. The van der Waals surface area contributed by atoms with Gasteiger partial charge in [-0.3, -0.25) is 10.1 Å². The lowest BCUT2D eigenvalue weighted by Gasteiger charge is -2.08. The van der Waals surface area contributed by atoms with Crippen molar-refractivity contribution in [2.45, 2.75) is 25.9 Å². The third-order valence-corrected chi connectivity index (χ3v) is 3.44. The van der Waals surface area contributed by atoms with E-state index in [1.165, 1.54) is 12.1 Å². The average molecular weight is 302 g/mol. The number of nitro benzene ring substituents is 1. The third-order valence-electron chi connectivity index (χ3n) is 3.44. The fourth-order valence-corrected chi connectivity index (χ4v) is 2.41. The number of anilines is 1. The van der Waals surface area contributed by atoms with Crippen LogP contribution in [0.2, 0.25) is 0 Å². The minimum Gasteiger partial charge on any atom is -0.331 e. The van der Waals surface area contributed by atoms with Crippen LogP contribution < -0.4 is 10.6 Å². The fourth-order valence-electron chi connectivity index (χ4n) is 2.41. The standard InChI is InChI=1S/C13H14N6O3/c20-13(15-9-4-1-2-5-10(9)19(21)22)14-8-12-17-16-11-6-3-7-18(11)12/h1-2,4-5H,3,6-8H2,(H2,14,15,20). The smallest absolute Gasteiger partial charge is 0.319 e. The van der Waals surface area contributed by atoms with Crippen LogP contribution in [0, 0.1) is 10.1 Å². The molecule has 0 saturated heterocycles. The number of nitro groups is 1. The fraction of sp³-hybridized carbons (Fsp3) is 0.308. The Morgan fingerprint density at radius 3 is 3.00 bits per heavy atom. The molecule has 0 fully saturated rings. The van der Waals surface area contributed by atoms with Crippen molar-refractivity contribution in [2.75, 3.05) is 5.32 Å². The van der Waals surface area contributed by atoms with Crippen LogP contribution in [0.1, 0.15) is 18.1 Å². The zero-order chi connectivity index (χ0) is 15.5. The molecule has 0 aliphatic carbocycles. The quantitative estimate of drug-likeness (QED) is 0.655. The molecule has 0 atom stereocenters. The number of urea groups is 1. The molecule has 9 heteroatoms. The molecule has 0 unspecified atom stereocenters. The monoisotopic (exact) mass is 302 g/mol. The first-order chi connectivity index (χ1) is 10.6. The van der Waals surface area contributed by atoms with Crippen molar-refractivity contribution in [3.8, 4) is 0 Å². The van der Waals surface area contributed by atoms with E-state index in [0.717, 1.165) is 25.2 Å². The molecule has 0 saturated carbocycles.